The molecule has 2 heterocycles. The fourth-order valence-electron chi connectivity index (χ4n) is 4.19. The zero-order chi connectivity index (χ0) is 17.4. The van der Waals surface area contributed by atoms with E-state index in [1.54, 1.807) is 22.1 Å². The number of rotatable bonds is 4. The van der Waals surface area contributed by atoms with Crippen molar-refractivity contribution in [2.24, 2.45) is 18.4 Å². The first-order valence-corrected chi connectivity index (χ1v) is 10.0. The second-order valence-corrected chi connectivity index (χ2v) is 9.12. The van der Waals surface area contributed by atoms with Gasteiger partial charge in [-0.1, -0.05) is 19.3 Å². The van der Waals surface area contributed by atoms with E-state index in [1.165, 1.54) is 19.7 Å². The second kappa shape index (κ2) is 6.48. The molecule has 1 N–H and O–H groups in total. The first-order valence-electron chi connectivity index (χ1n) is 8.56. The minimum absolute atomic E-state index is 0.0114. The number of imidazole rings is 1. The lowest BCUT2D eigenvalue weighted by Gasteiger charge is -2.38. The number of nitrogens with one attached hydrogen (secondary N) is 1. The monoisotopic (exact) mass is 354 g/mol. The Kier molecular flexibility index (Phi) is 4.70. The fourth-order valence-corrected chi connectivity index (χ4v) is 5.74. The predicted molar refractivity (Wildman–Crippen MR) is 89.7 cm³/mol. The lowest BCUT2D eigenvalue weighted by Crippen LogP contribution is -2.39. The number of carbonyl (C=O) groups is 1. The Hall–Kier alpha value is -1.41. The van der Waals surface area contributed by atoms with Crippen molar-refractivity contribution in [1.29, 1.82) is 0 Å². The summed E-state index contributed by atoms with van der Waals surface area (Å²) in [6.07, 6.45) is 8.60. The average Bonchev–Trinajstić information content (AvgIpc) is 3.11. The molecule has 2 aliphatic rings. The van der Waals surface area contributed by atoms with Crippen LogP contribution in [0.2, 0.25) is 0 Å². The number of hydrogen-bond acceptors (Lipinski definition) is 4. The molecule has 1 saturated carbocycles. The number of nitrogens with zero attached hydrogens (tertiary/aromatic N) is 3. The molecule has 7 nitrogen and oxygen atoms in total. The Morgan fingerprint density at radius 3 is 2.67 bits per heavy atom. The van der Waals surface area contributed by atoms with Gasteiger partial charge in [0.05, 0.1) is 6.33 Å². The largest absolute Gasteiger partial charge is 0.356 e. The van der Waals surface area contributed by atoms with Gasteiger partial charge in [-0.2, -0.15) is 4.31 Å². The van der Waals surface area contributed by atoms with Crippen molar-refractivity contribution in [2.45, 2.75) is 44.1 Å². The number of amides is 1. The first kappa shape index (κ1) is 17.4. The third kappa shape index (κ3) is 3.21. The van der Waals surface area contributed by atoms with E-state index < -0.39 is 10.0 Å². The van der Waals surface area contributed by atoms with Crippen LogP contribution in [0.15, 0.2) is 17.6 Å². The molecular weight excluding hydrogens is 328 g/mol. The molecule has 24 heavy (non-hydrogen) atoms. The van der Waals surface area contributed by atoms with Crippen molar-refractivity contribution in [1.82, 2.24) is 19.2 Å². The van der Waals surface area contributed by atoms with Crippen molar-refractivity contribution in [2.75, 3.05) is 19.6 Å². The number of sulfonamides is 1. The summed E-state index contributed by atoms with van der Waals surface area (Å²) in [6.45, 7) is 3.05. The van der Waals surface area contributed by atoms with Crippen molar-refractivity contribution < 1.29 is 13.2 Å². The summed E-state index contributed by atoms with van der Waals surface area (Å²) in [6, 6.07) is 0. The SMILES string of the molecule is CC(=O)NCC1CN(S(=O)(=O)c2cn(C)cn2)CC12CCCCC2. The minimum Gasteiger partial charge on any atom is -0.356 e. The van der Waals surface area contributed by atoms with E-state index in [-0.39, 0.29) is 22.3 Å². The van der Waals surface area contributed by atoms with Crippen molar-refractivity contribution >= 4 is 15.9 Å². The van der Waals surface area contributed by atoms with Crippen LogP contribution in [0.3, 0.4) is 0 Å². The Balaban J connectivity index is 1.84. The average molecular weight is 354 g/mol. The molecule has 1 aliphatic heterocycles. The van der Waals surface area contributed by atoms with Crippen LogP contribution in [-0.2, 0) is 21.9 Å². The highest BCUT2D eigenvalue weighted by Crippen LogP contribution is 2.48. The first-order chi connectivity index (χ1) is 11.3. The van der Waals surface area contributed by atoms with Gasteiger partial charge >= 0.3 is 0 Å². The molecular formula is C16H26N4O3S. The highest BCUT2D eigenvalue weighted by molar-refractivity contribution is 7.89. The number of aryl methyl sites for hydroxylation is 1. The van der Waals surface area contributed by atoms with E-state index >= 15 is 0 Å². The summed E-state index contributed by atoms with van der Waals surface area (Å²) in [5.41, 5.74) is -0.0114. The van der Waals surface area contributed by atoms with Crippen molar-refractivity contribution in [3.8, 4) is 0 Å². The standard InChI is InChI=1S/C16H26N4O3S/c1-13(21)17-8-14-9-20(11-16(14)6-4-3-5-7-16)24(22,23)15-10-19(2)12-18-15/h10,12,14H,3-9,11H2,1-2H3,(H,17,21). The molecule has 1 amide bonds. The molecule has 1 spiro atoms. The van der Waals surface area contributed by atoms with Crippen molar-refractivity contribution in [3.05, 3.63) is 12.5 Å². The van der Waals surface area contributed by atoms with Crippen LogP contribution >= 0.6 is 0 Å². The van der Waals surface area contributed by atoms with E-state index in [9.17, 15) is 13.2 Å². The van der Waals surface area contributed by atoms with E-state index in [0.29, 0.717) is 19.6 Å². The number of carbonyl (C=O) groups excluding carboxylic acids is 1. The summed E-state index contributed by atoms with van der Waals surface area (Å²) in [4.78, 5) is 15.3. The molecule has 1 aromatic heterocycles. The molecule has 1 atom stereocenters. The van der Waals surface area contributed by atoms with Gasteiger partial charge in [-0.3, -0.25) is 4.79 Å². The molecule has 0 bridgehead atoms. The smallest absolute Gasteiger partial charge is 0.262 e. The van der Waals surface area contributed by atoms with Crippen LogP contribution in [-0.4, -0.2) is 47.8 Å². The molecule has 0 aromatic carbocycles. The molecule has 1 aromatic rings. The topological polar surface area (TPSA) is 84.3 Å². The van der Waals surface area contributed by atoms with Crippen LogP contribution < -0.4 is 5.32 Å². The maximum absolute atomic E-state index is 12.9. The van der Waals surface area contributed by atoms with Gasteiger partial charge in [0.25, 0.3) is 10.0 Å². The Bertz CT molecular complexity index is 707. The lowest BCUT2D eigenvalue weighted by atomic mass is 9.68. The summed E-state index contributed by atoms with van der Waals surface area (Å²) in [5, 5.41) is 3.00. The van der Waals surface area contributed by atoms with Gasteiger partial charge in [0.1, 0.15) is 0 Å². The quantitative estimate of drug-likeness (QED) is 0.878. The Labute approximate surface area is 143 Å². The Morgan fingerprint density at radius 2 is 2.08 bits per heavy atom. The van der Waals surface area contributed by atoms with Gasteiger partial charge in [0.2, 0.25) is 5.91 Å². The highest BCUT2D eigenvalue weighted by atomic mass is 32.2. The van der Waals surface area contributed by atoms with Gasteiger partial charge in [-0.05, 0) is 24.2 Å². The summed E-state index contributed by atoms with van der Waals surface area (Å²) < 4.78 is 29.1. The molecule has 134 valence electrons. The van der Waals surface area contributed by atoms with E-state index in [0.717, 1.165) is 25.7 Å². The van der Waals surface area contributed by atoms with Crippen LogP contribution in [0.5, 0.6) is 0 Å². The highest BCUT2D eigenvalue weighted by Gasteiger charge is 2.50. The molecule has 1 aliphatic carbocycles. The van der Waals surface area contributed by atoms with Gasteiger partial charge in [-0.15, -0.1) is 0 Å². The fraction of sp³-hybridized carbons (Fsp3) is 0.750. The molecule has 3 rings (SSSR count). The van der Waals surface area contributed by atoms with Crippen molar-refractivity contribution in [3.63, 3.8) is 0 Å². The van der Waals surface area contributed by atoms with E-state index in [4.69, 9.17) is 0 Å². The number of aromatic nitrogens is 2. The zero-order valence-corrected chi connectivity index (χ0v) is 15.2. The predicted octanol–water partition coefficient (Wildman–Crippen LogP) is 1.13. The molecule has 2 fully saturated rings. The van der Waals surface area contributed by atoms with Gasteiger partial charge in [0, 0.05) is 39.8 Å². The maximum Gasteiger partial charge on any atom is 0.262 e. The normalized spacial score (nSPS) is 24.3. The maximum atomic E-state index is 12.9. The van der Waals surface area contributed by atoms with Crippen LogP contribution in [0.25, 0.3) is 0 Å². The van der Waals surface area contributed by atoms with Gasteiger partial charge in [-0.25, -0.2) is 13.4 Å². The molecule has 1 saturated heterocycles. The summed E-state index contributed by atoms with van der Waals surface area (Å²) in [7, 11) is -1.81. The summed E-state index contributed by atoms with van der Waals surface area (Å²) in [5.74, 6) is 0.104. The Morgan fingerprint density at radius 1 is 1.38 bits per heavy atom. The molecule has 1 unspecified atom stereocenters. The lowest BCUT2D eigenvalue weighted by molar-refractivity contribution is -0.119. The minimum atomic E-state index is -3.58. The van der Waals surface area contributed by atoms with Gasteiger partial charge in [0.15, 0.2) is 5.03 Å². The van der Waals surface area contributed by atoms with Crippen LogP contribution in [0.1, 0.15) is 39.0 Å². The van der Waals surface area contributed by atoms with E-state index in [1.807, 2.05) is 0 Å². The molecule has 0 radical (unpaired) electrons. The van der Waals surface area contributed by atoms with Crippen LogP contribution in [0, 0.1) is 11.3 Å². The third-order valence-electron chi connectivity index (χ3n) is 5.51. The van der Waals surface area contributed by atoms with Crippen LogP contribution in [0.4, 0.5) is 0 Å². The van der Waals surface area contributed by atoms with Gasteiger partial charge < -0.3 is 9.88 Å². The number of hydrogen-bond donors (Lipinski definition) is 1. The second-order valence-electron chi connectivity index (χ2n) is 7.23. The van der Waals surface area contributed by atoms with E-state index in [2.05, 4.69) is 10.3 Å². The zero-order valence-electron chi connectivity index (χ0n) is 14.4. The third-order valence-corrected chi connectivity index (χ3v) is 7.21. The summed E-state index contributed by atoms with van der Waals surface area (Å²) >= 11 is 0. The molecule has 8 heteroatoms.